The van der Waals surface area contributed by atoms with E-state index < -0.39 is 0 Å². The van der Waals surface area contributed by atoms with Crippen molar-refractivity contribution in [3.05, 3.63) is 69.7 Å². The van der Waals surface area contributed by atoms with Gasteiger partial charge in [-0.1, -0.05) is 91.5 Å². The Labute approximate surface area is 144 Å². The van der Waals surface area contributed by atoms with Crippen LogP contribution in [0.5, 0.6) is 0 Å². The minimum absolute atomic E-state index is 0.0125. The van der Waals surface area contributed by atoms with Gasteiger partial charge in [0.25, 0.3) is 0 Å². The van der Waals surface area contributed by atoms with Gasteiger partial charge in [0.2, 0.25) is 0 Å². The van der Waals surface area contributed by atoms with Crippen molar-refractivity contribution in [1.29, 1.82) is 0 Å². The molecule has 20 heavy (non-hydrogen) atoms. The fraction of sp³-hybridized carbons (Fsp3) is 0.133. The zero-order chi connectivity index (χ0) is 14.7. The summed E-state index contributed by atoms with van der Waals surface area (Å²) < 4.78 is 0. The molecule has 0 bridgehead atoms. The first-order chi connectivity index (χ1) is 9.50. The summed E-state index contributed by atoms with van der Waals surface area (Å²) in [6.45, 7) is 0. The van der Waals surface area contributed by atoms with E-state index in [2.05, 4.69) is 31.9 Å². The van der Waals surface area contributed by atoms with E-state index >= 15 is 0 Å². The van der Waals surface area contributed by atoms with Gasteiger partial charge in [0.1, 0.15) is 0 Å². The number of hydrogen-bond acceptors (Lipinski definition) is 1. The molecular formula is C15H10Br2Cl2O. The molecule has 0 aromatic heterocycles. The van der Waals surface area contributed by atoms with Gasteiger partial charge in [0, 0.05) is 5.56 Å². The van der Waals surface area contributed by atoms with Crippen LogP contribution in [0.3, 0.4) is 0 Å². The topological polar surface area (TPSA) is 17.1 Å². The molecule has 0 aliphatic carbocycles. The molecule has 0 saturated heterocycles. The molecule has 1 nitrogen and oxygen atoms in total. The quantitative estimate of drug-likeness (QED) is 0.419. The predicted octanol–water partition coefficient (Wildman–Crippen LogP) is 6.08. The number of Topliss-reactive ketones (excluding diaryl/α,β-unsaturated/α-hetero) is 1. The molecule has 0 aliphatic heterocycles. The normalized spacial score (nSPS) is 13.8. The molecule has 2 atom stereocenters. The highest BCUT2D eigenvalue weighted by atomic mass is 79.9. The number of halogens is 4. The third-order valence-corrected chi connectivity index (χ3v) is 6.28. The van der Waals surface area contributed by atoms with Gasteiger partial charge in [-0.05, 0) is 17.7 Å². The van der Waals surface area contributed by atoms with E-state index in [0.29, 0.717) is 15.6 Å². The summed E-state index contributed by atoms with van der Waals surface area (Å²) in [4.78, 5) is 11.8. The average molecular weight is 437 g/mol. The van der Waals surface area contributed by atoms with E-state index in [1.54, 1.807) is 24.3 Å². The molecule has 0 amide bonds. The van der Waals surface area contributed by atoms with Crippen molar-refractivity contribution >= 4 is 60.8 Å². The first-order valence-electron chi connectivity index (χ1n) is 5.83. The van der Waals surface area contributed by atoms with E-state index in [4.69, 9.17) is 23.2 Å². The van der Waals surface area contributed by atoms with Crippen LogP contribution in [0.4, 0.5) is 0 Å². The van der Waals surface area contributed by atoms with Crippen molar-refractivity contribution in [3.63, 3.8) is 0 Å². The zero-order valence-corrected chi connectivity index (χ0v) is 14.9. The van der Waals surface area contributed by atoms with Crippen LogP contribution in [0.25, 0.3) is 0 Å². The summed E-state index contributed by atoms with van der Waals surface area (Å²) >= 11 is 18.9. The van der Waals surface area contributed by atoms with Gasteiger partial charge >= 0.3 is 0 Å². The zero-order valence-electron chi connectivity index (χ0n) is 10.2. The Kier molecular flexibility index (Phi) is 5.67. The number of carbonyl (C=O) groups excluding carboxylic acids is 1. The van der Waals surface area contributed by atoms with E-state index in [-0.39, 0.29) is 15.4 Å². The number of alkyl halides is 2. The molecule has 0 saturated carbocycles. The Morgan fingerprint density at radius 1 is 0.950 bits per heavy atom. The SMILES string of the molecule is O=C(c1ccccc1)[C@@H](Br)[C@H](Br)c1ccc(Cl)c(Cl)c1. The van der Waals surface area contributed by atoms with Crippen LogP contribution >= 0.6 is 55.1 Å². The van der Waals surface area contributed by atoms with Gasteiger partial charge in [-0.3, -0.25) is 4.79 Å². The lowest BCUT2D eigenvalue weighted by atomic mass is 10.0. The molecule has 5 heteroatoms. The standard InChI is InChI=1S/C15H10Br2Cl2O/c16-13(10-6-7-11(18)12(19)8-10)14(17)15(20)9-4-2-1-3-5-9/h1-8,13-14H/t13-,14+/m1/s1. The van der Waals surface area contributed by atoms with Crippen LogP contribution < -0.4 is 0 Å². The largest absolute Gasteiger partial charge is 0.293 e. The Morgan fingerprint density at radius 3 is 2.20 bits per heavy atom. The summed E-state index contributed by atoms with van der Waals surface area (Å²) in [6, 6.07) is 14.5. The van der Waals surface area contributed by atoms with Gasteiger partial charge in [-0.25, -0.2) is 0 Å². The smallest absolute Gasteiger partial charge is 0.177 e. The molecule has 0 unspecified atom stereocenters. The number of benzene rings is 2. The highest BCUT2D eigenvalue weighted by Crippen LogP contribution is 2.36. The van der Waals surface area contributed by atoms with Crippen LogP contribution in [0, 0.1) is 0 Å². The van der Waals surface area contributed by atoms with Crippen molar-refractivity contribution < 1.29 is 4.79 Å². The second-order valence-electron chi connectivity index (χ2n) is 4.21. The molecule has 0 radical (unpaired) electrons. The van der Waals surface area contributed by atoms with Crippen molar-refractivity contribution in [2.75, 3.05) is 0 Å². The minimum Gasteiger partial charge on any atom is -0.293 e. The van der Waals surface area contributed by atoms with Crippen molar-refractivity contribution in [3.8, 4) is 0 Å². The van der Waals surface area contributed by atoms with E-state index in [0.717, 1.165) is 5.56 Å². The fourth-order valence-electron chi connectivity index (χ4n) is 1.75. The van der Waals surface area contributed by atoms with Gasteiger partial charge < -0.3 is 0 Å². The van der Waals surface area contributed by atoms with Crippen molar-refractivity contribution in [2.24, 2.45) is 0 Å². The molecular weight excluding hydrogens is 427 g/mol. The second-order valence-corrected chi connectivity index (χ2v) is 6.99. The molecule has 2 rings (SSSR count). The second kappa shape index (κ2) is 7.08. The molecule has 0 fully saturated rings. The van der Waals surface area contributed by atoms with Crippen LogP contribution in [0.2, 0.25) is 10.0 Å². The Hall–Kier alpha value is -0.350. The van der Waals surface area contributed by atoms with E-state index in [9.17, 15) is 4.79 Å². The first kappa shape index (κ1) is 16.0. The molecule has 0 N–H and O–H groups in total. The molecule has 104 valence electrons. The lowest BCUT2D eigenvalue weighted by Crippen LogP contribution is -2.19. The van der Waals surface area contributed by atoms with Gasteiger partial charge in [-0.15, -0.1) is 0 Å². The Balaban J connectivity index is 2.22. The maximum atomic E-state index is 12.4. The average Bonchev–Trinajstić information content (AvgIpc) is 2.48. The highest BCUT2D eigenvalue weighted by molar-refractivity contribution is 9.12. The van der Waals surface area contributed by atoms with Crippen LogP contribution in [0.1, 0.15) is 20.7 Å². The van der Waals surface area contributed by atoms with E-state index in [1.807, 2.05) is 24.3 Å². The predicted molar refractivity (Wildman–Crippen MR) is 91.6 cm³/mol. The van der Waals surface area contributed by atoms with Crippen molar-refractivity contribution in [1.82, 2.24) is 0 Å². The number of carbonyl (C=O) groups is 1. The van der Waals surface area contributed by atoms with Gasteiger partial charge in [0.05, 0.1) is 19.7 Å². The first-order valence-corrected chi connectivity index (χ1v) is 8.42. The molecule has 2 aromatic rings. The third-order valence-electron chi connectivity index (χ3n) is 2.83. The minimum atomic E-state index is -0.387. The Bertz CT molecular complexity index is 617. The van der Waals surface area contributed by atoms with Crippen molar-refractivity contribution in [2.45, 2.75) is 9.65 Å². The van der Waals surface area contributed by atoms with Crippen LogP contribution in [-0.4, -0.2) is 10.6 Å². The molecule has 0 aliphatic rings. The lowest BCUT2D eigenvalue weighted by Gasteiger charge is -2.17. The number of rotatable bonds is 4. The maximum absolute atomic E-state index is 12.4. The van der Waals surface area contributed by atoms with Gasteiger partial charge in [0.15, 0.2) is 5.78 Å². The Morgan fingerprint density at radius 2 is 1.60 bits per heavy atom. The van der Waals surface area contributed by atoms with Crippen LogP contribution in [0.15, 0.2) is 48.5 Å². The molecule has 0 heterocycles. The summed E-state index contributed by atoms with van der Waals surface area (Å²) in [5, 5.41) is 0.969. The summed E-state index contributed by atoms with van der Waals surface area (Å²) in [5.74, 6) is 0.0125. The lowest BCUT2D eigenvalue weighted by molar-refractivity contribution is 0.0991. The maximum Gasteiger partial charge on any atom is 0.177 e. The molecule has 0 spiro atoms. The summed E-state index contributed by atoms with van der Waals surface area (Å²) in [6.07, 6.45) is 0. The van der Waals surface area contributed by atoms with Gasteiger partial charge in [-0.2, -0.15) is 0 Å². The van der Waals surface area contributed by atoms with Crippen LogP contribution in [-0.2, 0) is 0 Å². The summed E-state index contributed by atoms with van der Waals surface area (Å²) in [7, 11) is 0. The molecule has 2 aromatic carbocycles. The van der Waals surface area contributed by atoms with E-state index in [1.165, 1.54) is 0 Å². The number of ketones is 1. The number of hydrogen-bond donors (Lipinski definition) is 0. The highest BCUT2D eigenvalue weighted by Gasteiger charge is 2.26. The monoisotopic (exact) mass is 434 g/mol. The third kappa shape index (κ3) is 3.64. The summed E-state index contributed by atoms with van der Waals surface area (Å²) in [5.41, 5.74) is 1.56. The fourth-order valence-corrected chi connectivity index (χ4v) is 3.15.